The van der Waals surface area contributed by atoms with Crippen molar-refractivity contribution in [2.24, 2.45) is 5.92 Å². The van der Waals surface area contributed by atoms with Crippen LogP contribution in [0.3, 0.4) is 0 Å². The Labute approximate surface area is 235 Å². The smallest absolute Gasteiger partial charge is 0.254 e. The molecule has 8 heteroatoms. The van der Waals surface area contributed by atoms with Gasteiger partial charge in [-0.15, -0.1) is 0 Å². The first-order valence-electron chi connectivity index (χ1n) is 14.2. The molecule has 204 valence electrons. The van der Waals surface area contributed by atoms with Crippen molar-refractivity contribution in [2.75, 3.05) is 49.1 Å². The van der Waals surface area contributed by atoms with Crippen LogP contribution in [-0.2, 0) is 6.42 Å². The summed E-state index contributed by atoms with van der Waals surface area (Å²) in [6.45, 7) is 8.99. The van der Waals surface area contributed by atoms with E-state index in [1.54, 1.807) is 6.20 Å². The second-order valence-corrected chi connectivity index (χ2v) is 11.1. The monoisotopic (exact) mass is 533 g/mol. The highest BCUT2D eigenvalue weighted by atomic mass is 16.2. The van der Waals surface area contributed by atoms with E-state index in [9.17, 15) is 10.1 Å². The van der Waals surface area contributed by atoms with Crippen molar-refractivity contribution >= 4 is 28.2 Å². The lowest BCUT2D eigenvalue weighted by molar-refractivity contribution is 0.0746. The summed E-state index contributed by atoms with van der Waals surface area (Å²) >= 11 is 0. The number of piperazine rings is 1. The molecule has 2 aromatic heterocycles. The fraction of sp³-hybridized carbons (Fsp3) is 0.375. The fourth-order valence-corrected chi connectivity index (χ4v) is 6.29. The van der Waals surface area contributed by atoms with Gasteiger partial charge in [0.15, 0.2) is 0 Å². The molecule has 0 saturated carbocycles. The molecule has 0 bridgehead atoms. The first-order chi connectivity index (χ1) is 19.5. The number of aromatic nitrogens is 3. The first kappa shape index (κ1) is 25.9. The number of nitrogens with zero attached hydrogens (tertiary/aromatic N) is 6. The molecule has 0 atom stereocenters. The van der Waals surface area contributed by atoms with Gasteiger partial charge in [-0.1, -0.05) is 18.2 Å². The van der Waals surface area contributed by atoms with Crippen molar-refractivity contribution in [3.8, 4) is 6.07 Å². The first-order valence-corrected chi connectivity index (χ1v) is 14.2. The average Bonchev–Trinajstić information content (AvgIpc) is 3.48. The zero-order valence-corrected chi connectivity index (χ0v) is 23.2. The molecule has 40 heavy (non-hydrogen) atoms. The van der Waals surface area contributed by atoms with Crippen LogP contribution < -0.4 is 9.80 Å². The Balaban J connectivity index is 1.10. The molecular weight excluding hydrogens is 498 g/mol. The number of piperidine rings is 1. The van der Waals surface area contributed by atoms with Crippen LogP contribution in [0.4, 0.5) is 11.4 Å². The van der Waals surface area contributed by atoms with Gasteiger partial charge in [0.05, 0.1) is 34.8 Å². The van der Waals surface area contributed by atoms with E-state index < -0.39 is 0 Å². The minimum atomic E-state index is 0.124. The number of carbonyl (C=O) groups is 1. The van der Waals surface area contributed by atoms with Gasteiger partial charge in [-0.3, -0.25) is 14.9 Å². The molecule has 1 N–H and O–H groups in total. The minimum Gasteiger partial charge on any atom is -0.370 e. The molecule has 2 saturated heterocycles. The van der Waals surface area contributed by atoms with E-state index in [1.165, 1.54) is 11.1 Å². The van der Waals surface area contributed by atoms with Crippen LogP contribution in [-0.4, -0.2) is 65.3 Å². The molecular formula is C32H35N7O. The van der Waals surface area contributed by atoms with Crippen LogP contribution in [0.5, 0.6) is 0 Å². The van der Waals surface area contributed by atoms with Crippen molar-refractivity contribution in [3.63, 3.8) is 0 Å². The van der Waals surface area contributed by atoms with Gasteiger partial charge in [-0.2, -0.15) is 10.4 Å². The summed E-state index contributed by atoms with van der Waals surface area (Å²) in [4.78, 5) is 24.7. The lowest BCUT2D eigenvalue weighted by Gasteiger charge is -2.36. The maximum Gasteiger partial charge on any atom is 0.254 e. The van der Waals surface area contributed by atoms with Crippen LogP contribution in [0.25, 0.3) is 10.9 Å². The third-order valence-electron chi connectivity index (χ3n) is 8.64. The Hall–Kier alpha value is -4.38. The number of hydrogen-bond acceptors (Lipinski definition) is 6. The SMILES string of the molecule is Cc1cc(C)c(C(=O)N2CCN(c3cncc4cn[nH]c34)CC2)cc1CC1CCN(c2ccccc2C#N)CC1. The number of benzene rings is 2. The number of amides is 1. The fourth-order valence-electron chi connectivity index (χ4n) is 6.29. The molecule has 2 aliphatic heterocycles. The second-order valence-electron chi connectivity index (χ2n) is 11.1. The molecule has 0 unspecified atom stereocenters. The van der Waals surface area contributed by atoms with E-state index in [-0.39, 0.29) is 5.91 Å². The number of pyridine rings is 1. The third-order valence-corrected chi connectivity index (χ3v) is 8.64. The number of anilines is 2. The van der Waals surface area contributed by atoms with E-state index in [2.05, 4.69) is 63.1 Å². The molecule has 0 aliphatic carbocycles. The van der Waals surface area contributed by atoms with Gasteiger partial charge in [-0.25, -0.2) is 0 Å². The Kier molecular flexibility index (Phi) is 7.12. The summed E-state index contributed by atoms with van der Waals surface area (Å²) in [5, 5.41) is 17.7. The molecule has 6 rings (SSSR count). The predicted molar refractivity (Wildman–Crippen MR) is 158 cm³/mol. The standard InChI is InChI=1S/C32H35N7O/c1-22-15-23(2)28(17-26(22)16-24-7-9-37(10-8-24)29-6-4-3-5-25(29)18-33)32(40)39-13-11-38(12-14-39)30-21-34-19-27-20-35-36-31(27)30/h3-6,15,17,19-21,24H,7-14,16H2,1-2H3,(H,35,36). The number of H-pyrrole nitrogens is 1. The van der Waals surface area contributed by atoms with Crippen LogP contribution in [0.1, 0.15) is 45.5 Å². The van der Waals surface area contributed by atoms with Crippen LogP contribution in [0.15, 0.2) is 55.0 Å². The maximum atomic E-state index is 13.7. The molecule has 1 amide bonds. The van der Waals surface area contributed by atoms with Crippen LogP contribution in [0, 0.1) is 31.1 Å². The molecule has 2 aromatic carbocycles. The third kappa shape index (κ3) is 5.00. The topological polar surface area (TPSA) is 92.2 Å². The van der Waals surface area contributed by atoms with E-state index >= 15 is 0 Å². The number of carbonyl (C=O) groups excluding carboxylic acids is 1. The summed E-state index contributed by atoms with van der Waals surface area (Å²) in [5.74, 6) is 0.691. The van der Waals surface area contributed by atoms with Crippen molar-refractivity contribution < 1.29 is 4.79 Å². The quantitative estimate of drug-likeness (QED) is 0.394. The zero-order valence-electron chi connectivity index (χ0n) is 23.2. The highest BCUT2D eigenvalue weighted by molar-refractivity contribution is 5.96. The average molecular weight is 534 g/mol. The van der Waals surface area contributed by atoms with Crippen molar-refractivity contribution in [2.45, 2.75) is 33.1 Å². The summed E-state index contributed by atoms with van der Waals surface area (Å²) in [6, 6.07) is 14.5. The Morgan fingerprint density at radius 1 is 0.950 bits per heavy atom. The number of para-hydroxylation sites is 1. The number of aryl methyl sites for hydroxylation is 2. The maximum absolute atomic E-state index is 13.7. The predicted octanol–water partition coefficient (Wildman–Crippen LogP) is 4.87. The molecule has 2 fully saturated rings. The number of aromatic amines is 1. The normalized spacial score (nSPS) is 16.4. The van der Waals surface area contributed by atoms with Gasteiger partial charge >= 0.3 is 0 Å². The number of hydrogen-bond donors (Lipinski definition) is 1. The number of nitriles is 1. The van der Waals surface area contributed by atoms with Crippen molar-refractivity contribution in [1.29, 1.82) is 5.26 Å². The molecule has 4 heterocycles. The van der Waals surface area contributed by atoms with Gasteiger partial charge in [0.1, 0.15) is 6.07 Å². The van der Waals surface area contributed by atoms with Gasteiger partial charge in [-0.05, 0) is 73.9 Å². The number of nitrogens with one attached hydrogen (secondary N) is 1. The van der Waals surface area contributed by atoms with Gasteiger partial charge in [0.25, 0.3) is 5.91 Å². The highest BCUT2D eigenvalue weighted by Gasteiger charge is 2.26. The Bertz CT molecular complexity index is 1570. The summed E-state index contributed by atoms with van der Waals surface area (Å²) in [6.07, 6.45) is 8.63. The van der Waals surface area contributed by atoms with Crippen LogP contribution in [0.2, 0.25) is 0 Å². The largest absolute Gasteiger partial charge is 0.370 e. The van der Waals surface area contributed by atoms with E-state index in [1.807, 2.05) is 35.5 Å². The van der Waals surface area contributed by atoms with Gasteiger partial charge in [0, 0.05) is 56.4 Å². The summed E-state index contributed by atoms with van der Waals surface area (Å²) in [7, 11) is 0. The van der Waals surface area contributed by atoms with Crippen LogP contribution >= 0.6 is 0 Å². The Morgan fingerprint density at radius 2 is 1.70 bits per heavy atom. The molecule has 0 spiro atoms. The van der Waals surface area contributed by atoms with E-state index in [0.29, 0.717) is 19.0 Å². The minimum absolute atomic E-state index is 0.124. The molecule has 4 aromatic rings. The number of rotatable bonds is 5. The van der Waals surface area contributed by atoms with Gasteiger partial charge in [0.2, 0.25) is 0 Å². The molecule has 0 radical (unpaired) electrons. The second kappa shape index (κ2) is 11.0. The highest BCUT2D eigenvalue weighted by Crippen LogP contribution is 2.30. The van der Waals surface area contributed by atoms with Crippen molar-refractivity contribution in [3.05, 3.63) is 82.8 Å². The van der Waals surface area contributed by atoms with E-state index in [0.717, 1.165) is 84.4 Å². The molecule has 8 nitrogen and oxygen atoms in total. The lowest BCUT2D eigenvalue weighted by atomic mass is 9.86. The lowest BCUT2D eigenvalue weighted by Crippen LogP contribution is -2.49. The van der Waals surface area contributed by atoms with Gasteiger partial charge < -0.3 is 14.7 Å². The van der Waals surface area contributed by atoms with Crippen molar-refractivity contribution in [1.82, 2.24) is 20.1 Å². The number of fused-ring (bicyclic) bond motifs is 1. The Morgan fingerprint density at radius 3 is 2.48 bits per heavy atom. The zero-order chi connectivity index (χ0) is 27.6. The molecule has 2 aliphatic rings. The summed E-state index contributed by atoms with van der Waals surface area (Å²) < 4.78 is 0. The summed E-state index contributed by atoms with van der Waals surface area (Å²) in [5.41, 5.74) is 8.23. The van der Waals surface area contributed by atoms with E-state index in [4.69, 9.17) is 0 Å².